The second kappa shape index (κ2) is 8.62. The third kappa shape index (κ3) is 4.49. The first-order valence-electron chi connectivity index (χ1n) is 8.23. The Balaban J connectivity index is 2.41. The van der Waals surface area contributed by atoms with Crippen LogP contribution in [0.3, 0.4) is 0 Å². The summed E-state index contributed by atoms with van der Waals surface area (Å²) in [6.45, 7) is 7.00. The lowest BCUT2D eigenvalue weighted by Gasteiger charge is -2.07. The van der Waals surface area contributed by atoms with Crippen molar-refractivity contribution in [2.24, 2.45) is 0 Å². The molecule has 1 heterocycles. The molecule has 0 bridgehead atoms. The first kappa shape index (κ1) is 19.7. The topological polar surface area (TPSA) is 81.7 Å². The van der Waals surface area contributed by atoms with Crippen LogP contribution in [-0.4, -0.2) is 30.6 Å². The molecule has 1 aromatic carbocycles. The Morgan fingerprint density at radius 2 is 1.77 bits per heavy atom. The number of hydrogen-bond donors (Lipinski definition) is 1. The molecule has 6 nitrogen and oxygen atoms in total. The maximum absolute atomic E-state index is 12.4. The fraction of sp³-hybridized carbons (Fsp3) is 0.316. The van der Waals surface area contributed by atoms with Crippen LogP contribution in [0.15, 0.2) is 30.3 Å². The number of carbonyl (C=O) groups excluding carboxylic acids is 3. The van der Waals surface area contributed by atoms with Gasteiger partial charge in [0.1, 0.15) is 9.88 Å². The number of ether oxygens (including phenoxy) is 2. The summed E-state index contributed by atoms with van der Waals surface area (Å²) in [6.07, 6.45) is -0.294. The zero-order valence-corrected chi connectivity index (χ0v) is 15.9. The molecule has 0 aliphatic heterocycles. The van der Waals surface area contributed by atoms with Crippen LogP contribution in [0.5, 0.6) is 0 Å². The van der Waals surface area contributed by atoms with E-state index in [1.165, 1.54) is 0 Å². The summed E-state index contributed by atoms with van der Waals surface area (Å²) < 4.78 is 10.3. The molecule has 0 unspecified atom stereocenters. The molecule has 0 aliphatic carbocycles. The molecule has 2 aromatic rings. The van der Waals surface area contributed by atoms with E-state index < -0.39 is 11.9 Å². The number of thiophene rings is 1. The summed E-state index contributed by atoms with van der Waals surface area (Å²) >= 11 is 1.01. The van der Waals surface area contributed by atoms with Gasteiger partial charge in [0.25, 0.3) is 5.91 Å². The molecule has 2 rings (SSSR count). The van der Waals surface area contributed by atoms with E-state index in [1.54, 1.807) is 58.0 Å². The second-order valence-electron chi connectivity index (χ2n) is 5.75. The van der Waals surface area contributed by atoms with Gasteiger partial charge in [-0.05, 0) is 45.4 Å². The number of esters is 2. The van der Waals surface area contributed by atoms with Gasteiger partial charge in [-0.25, -0.2) is 9.59 Å². The highest BCUT2D eigenvalue weighted by atomic mass is 32.1. The van der Waals surface area contributed by atoms with Gasteiger partial charge in [0.15, 0.2) is 0 Å². The van der Waals surface area contributed by atoms with Gasteiger partial charge in [0.2, 0.25) is 0 Å². The van der Waals surface area contributed by atoms with Crippen molar-refractivity contribution in [3.8, 4) is 0 Å². The molecule has 0 saturated heterocycles. The third-order valence-electron chi connectivity index (χ3n) is 3.42. The molecular formula is C19H21NO5S. The quantitative estimate of drug-likeness (QED) is 0.770. The normalized spacial score (nSPS) is 10.5. The maximum Gasteiger partial charge on any atom is 0.348 e. The zero-order valence-electron chi connectivity index (χ0n) is 15.1. The number of rotatable bonds is 6. The highest BCUT2D eigenvalue weighted by molar-refractivity contribution is 7.18. The van der Waals surface area contributed by atoms with E-state index in [0.717, 1.165) is 11.3 Å². The number of anilines is 1. The first-order valence-corrected chi connectivity index (χ1v) is 9.04. The van der Waals surface area contributed by atoms with Crippen LogP contribution in [0, 0.1) is 6.92 Å². The third-order valence-corrected chi connectivity index (χ3v) is 4.60. The van der Waals surface area contributed by atoms with E-state index in [9.17, 15) is 14.4 Å². The van der Waals surface area contributed by atoms with Gasteiger partial charge >= 0.3 is 11.9 Å². The summed E-state index contributed by atoms with van der Waals surface area (Å²) in [5.74, 6) is -1.50. The Labute approximate surface area is 156 Å². The Bertz CT molecular complexity index is 811. The molecule has 1 N–H and O–H groups in total. The van der Waals surface area contributed by atoms with Crippen molar-refractivity contribution in [2.45, 2.75) is 33.8 Å². The van der Waals surface area contributed by atoms with Crippen LogP contribution in [0.4, 0.5) is 5.00 Å². The van der Waals surface area contributed by atoms with Gasteiger partial charge in [0.05, 0.1) is 18.3 Å². The van der Waals surface area contributed by atoms with E-state index in [0.29, 0.717) is 11.1 Å². The number of benzene rings is 1. The van der Waals surface area contributed by atoms with E-state index >= 15 is 0 Å². The van der Waals surface area contributed by atoms with Crippen molar-refractivity contribution in [3.63, 3.8) is 0 Å². The highest BCUT2D eigenvalue weighted by Crippen LogP contribution is 2.34. The van der Waals surface area contributed by atoms with Gasteiger partial charge in [-0.15, -0.1) is 11.3 Å². The van der Waals surface area contributed by atoms with Crippen LogP contribution < -0.4 is 5.32 Å². The van der Waals surface area contributed by atoms with Crippen LogP contribution in [-0.2, 0) is 9.47 Å². The highest BCUT2D eigenvalue weighted by Gasteiger charge is 2.27. The van der Waals surface area contributed by atoms with Gasteiger partial charge in [-0.3, -0.25) is 4.79 Å². The summed E-state index contributed by atoms with van der Waals surface area (Å²) in [5, 5.41) is 2.98. The van der Waals surface area contributed by atoms with Crippen molar-refractivity contribution in [2.75, 3.05) is 11.9 Å². The lowest BCUT2D eigenvalue weighted by Crippen LogP contribution is -2.15. The minimum atomic E-state index is -0.590. The zero-order chi connectivity index (χ0) is 19.3. The predicted molar refractivity (Wildman–Crippen MR) is 100.0 cm³/mol. The van der Waals surface area contributed by atoms with Gasteiger partial charge in [0, 0.05) is 5.56 Å². The van der Waals surface area contributed by atoms with Crippen molar-refractivity contribution in [1.82, 2.24) is 0 Å². The monoisotopic (exact) mass is 375 g/mol. The summed E-state index contributed by atoms with van der Waals surface area (Å²) in [5.41, 5.74) is 1.05. The lowest BCUT2D eigenvalue weighted by atomic mass is 10.1. The lowest BCUT2D eigenvalue weighted by molar-refractivity contribution is 0.0383. The van der Waals surface area contributed by atoms with Gasteiger partial charge in [-0.1, -0.05) is 18.2 Å². The smallest absolute Gasteiger partial charge is 0.348 e. The molecular weight excluding hydrogens is 354 g/mol. The van der Waals surface area contributed by atoms with Crippen molar-refractivity contribution in [3.05, 3.63) is 51.9 Å². The Kier molecular flexibility index (Phi) is 6.52. The summed E-state index contributed by atoms with van der Waals surface area (Å²) in [6, 6.07) is 8.61. The van der Waals surface area contributed by atoms with Crippen LogP contribution >= 0.6 is 11.3 Å². The second-order valence-corrected chi connectivity index (χ2v) is 6.78. The SMILES string of the molecule is CCOC(=O)c1c(NC(=O)c2ccccc2)sc(C(=O)OC(C)C)c1C. The van der Waals surface area contributed by atoms with Crippen LogP contribution in [0.1, 0.15) is 56.7 Å². The number of amides is 1. The number of hydrogen-bond acceptors (Lipinski definition) is 6. The summed E-state index contributed by atoms with van der Waals surface area (Å²) in [4.78, 5) is 37.4. The molecule has 7 heteroatoms. The molecule has 138 valence electrons. The fourth-order valence-electron chi connectivity index (χ4n) is 2.28. The Morgan fingerprint density at radius 3 is 2.35 bits per heavy atom. The Morgan fingerprint density at radius 1 is 1.12 bits per heavy atom. The van der Waals surface area contributed by atoms with Crippen molar-refractivity contribution < 1.29 is 23.9 Å². The fourth-order valence-corrected chi connectivity index (χ4v) is 3.35. The maximum atomic E-state index is 12.4. The predicted octanol–water partition coefficient (Wildman–Crippen LogP) is 4.05. The van der Waals surface area contributed by atoms with Crippen LogP contribution in [0.25, 0.3) is 0 Å². The number of carbonyl (C=O) groups is 3. The standard InChI is InChI=1S/C19H21NO5S/c1-5-24-18(22)14-12(4)15(19(23)25-11(2)3)26-17(14)20-16(21)13-9-7-6-8-10-13/h6-11H,5H2,1-4H3,(H,20,21). The average molecular weight is 375 g/mol. The van der Waals surface area contributed by atoms with E-state index in [2.05, 4.69) is 5.32 Å². The molecule has 26 heavy (non-hydrogen) atoms. The molecule has 1 aromatic heterocycles. The average Bonchev–Trinajstić information content (AvgIpc) is 2.91. The van der Waals surface area contributed by atoms with Gasteiger partial charge in [-0.2, -0.15) is 0 Å². The van der Waals surface area contributed by atoms with E-state index in [-0.39, 0.29) is 34.1 Å². The van der Waals surface area contributed by atoms with Gasteiger partial charge < -0.3 is 14.8 Å². The molecule has 0 fully saturated rings. The Hall–Kier alpha value is -2.67. The molecule has 0 radical (unpaired) electrons. The molecule has 1 amide bonds. The van der Waals surface area contributed by atoms with E-state index in [1.807, 2.05) is 0 Å². The summed E-state index contributed by atoms with van der Waals surface area (Å²) in [7, 11) is 0. The van der Waals surface area contributed by atoms with Crippen molar-refractivity contribution in [1.29, 1.82) is 0 Å². The first-order chi connectivity index (χ1) is 12.3. The molecule has 0 saturated carbocycles. The molecule has 0 spiro atoms. The molecule has 0 atom stereocenters. The minimum Gasteiger partial charge on any atom is -0.462 e. The largest absolute Gasteiger partial charge is 0.462 e. The minimum absolute atomic E-state index is 0.178. The molecule has 0 aliphatic rings. The van der Waals surface area contributed by atoms with E-state index in [4.69, 9.17) is 9.47 Å². The van der Waals surface area contributed by atoms with Crippen molar-refractivity contribution >= 4 is 34.2 Å². The number of nitrogens with one attached hydrogen (secondary N) is 1. The van der Waals surface area contributed by atoms with Crippen LogP contribution in [0.2, 0.25) is 0 Å².